The Bertz CT molecular complexity index is 1020. The van der Waals surface area contributed by atoms with Gasteiger partial charge in [-0.1, -0.05) is 304 Å². The van der Waals surface area contributed by atoms with E-state index in [9.17, 15) is 14.4 Å². The van der Waals surface area contributed by atoms with Crippen molar-refractivity contribution in [1.29, 1.82) is 0 Å². The molecule has 6 heteroatoms. The van der Waals surface area contributed by atoms with E-state index in [0.717, 1.165) is 69.6 Å². The lowest BCUT2D eigenvalue weighted by molar-refractivity contribution is -0.167. The van der Waals surface area contributed by atoms with E-state index in [0.29, 0.717) is 19.3 Å². The highest BCUT2D eigenvalue weighted by atomic mass is 16.6. The fourth-order valence-electron chi connectivity index (χ4n) is 9.40. The first-order chi connectivity index (χ1) is 32.7. The van der Waals surface area contributed by atoms with E-state index in [1.807, 2.05) is 0 Å². The van der Waals surface area contributed by atoms with Crippen LogP contribution in [0.25, 0.3) is 0 Å². The third kappa shape index (κ3) is 55.2. The second-order valence-electron chi connectivity index (χ2n) is 21.9. The largest absolute Gasteiger partial charge is 0.462 e. The number of hydrogen-bond acceptors (Lipinski definition) is 6. The molecule has 0 amide bonds. The molecule has 0 aromatic carbocycles. The standard InChI is InChI=1S/C61H118O6/c1-6-7-8-9-10-11-12-13-14-15-16-17-21-26-31-36-41-46-51-59(62)65-54-58(55-66-60(63)52-47-42-37-32-28-23-25-30-35-40-45-50-57(4)5)67-61(64)53-48-43-38-33-27-22-19-18-20-24-29-34-39-44-49-56(2)3/h56-58H,6-55H2,1-5H3/t58-/m1/s1. The van der Waals surface area contributed by atoms with E-state index >= 15 is 0 Å². The van der Waals surface area contributed by atoms with Gasteiger partial charge in [-0.3, -0.25) is 14.4 Å². The molecule has 398 valence electrons. The van der Waals surface area contributed by atoms with E-state index in [-0.39, 0.29) is 31.1 Å². The van der Waals surface area contributed by atoms with Crippen molar-refractivity contribution in [3.05, 3.63) is 0 Å². The highest BCUT2D eigenvalue weighted by molar-refractivity contribution is 5.71. The van der Waals surface area contributed by atoms with Crippen LogP contribution in [0.4, 0.5) is 0 Å². The Morgan fingerprint density at radius 3 is 0.731 bits per heavy atom. The summed E-state index contributed by atoms with van der Waals surface area (Å²) in [5.74, 6) is 0.834. The molecule has 0 unspecified atom stereocenters. The molecular weight excluding hydrogens is 829 g/mol. The van der Waals surface area contributed by atoms with Crippen molar-refractivity contribution in [2.24, 2.45) is 11.8 Å². The molecule has 0 aliphatic heterocycles. The smallest absolute Gasteiger partial charge is 0.306 e. The molecule has 0 N–H and O–H groups in total. The third-order valence-electron chi connectivity index (χ3n) is 14.0. The molecule has 1 atom stereocenters. The molecule has 0 saturated heterocycles. The van der Waals surface area contributed by atoms with E-state index in [4.69, 9.17) is 14.2 Å². The van der Waals surface area contributed by atoms with Crippen LogP contribution >= 0.6 is 0 Å². The SMILES string of the molecule is CCCCCCCCCCCCCCCCCCCCC(=O)OC[C@H](COC(=O)CCCCCCCCCCCCCC(C)C)OC(=O)CCCCCCCCCCCCCCCCC(C)C. The van der Waals surface area contributed by atoms with Crippen LogP contribution in [-0.4, -0.2) is 37.2 Å². The average Bonchev–Trinajstić information content (AvgIpc) is 3.30. The molecule has 0 aromatic rings. The fraction of sp³-hybridized carbons (Fsp3) is 0.951. The van der Waals surface area contributed by atoms with E-state index in [1.165, 1.54) is 231 Å². The number of rotatable bonds is 55. The van der Waals surface area contributed by atoms with Gasteiger partial charge in [-0.05, 0) is 31.1 Å². The predicted octanol–water partition coefficient (Wildman–Crippen LogP) is 20.0. The summed E-state index contributed by atoms with van der Waals surface area (Å²) in [4.78, 5) is 38.2. The Balaban J connectivity index is 4.29. The van der Waals surface area contributed by atoms with Crippen molar-refractivity contribution in [3.63, 3.8) is 0 Å². The quantitative estimate of drug-likeness (QED) is 0.0343. The molecule has 0 spiro atoms. The molecule has 0 fully saturated rings. The van der Waals surface area contributed by atoms with Gasteiger partial charge in [-0.15, -0.1) is 0 Å². The van der Waals surface area contributed by atoms with Gasteiger partial charge >= 0.3 is 17.9 Å². The highest BCUT2D eigenvalue weighted by Gasteiger charge is 2.19. The molecule has 0 radical (unpaired) electrons. The van der Waals surface area contributed by atoms with Gasteiger partial charge in [-0.2, -0.15) is 0 Å². The molecular formula is C61H118O6. The van der Waals surface area contributed by atoms with Crippen LogP contribution in [0.5, 0.6) is 0 Å². The molecule has 67 heavy (non-hydrogen) atoms. The van der Waals surface area contributed by atoms with Crippen molar-refractivity contribution in [2.45, 2.75) is 349 Å². The summed E-state index contributed by atoms with van der Waals surface area (Å²) in [6, 6.07) is 0. The van der Waals surface area contributed by atoms with Gasteiger partial charge in [-0.25, -0.2) is 0 Å². The predicted molar refractivity (Wildman–Crippen MR) is 289 cm³/mol. The zero-order chi connectivity index (χ0) is 48.9. The van der Waals surface area contributed by atoms with Crippen molar-refractivity contribution in [2.75, 3.05) is 13.2 Å². The summed E-state index contributed by atoms with van der Waals surface area (Å²) in [6.07, 6.45) is 58.1. The van der Waals surface area contributed by atoms with Crippen LogP contribution < -0.4 is 0 Å². The van der Waals surface area contributed by atoms with Crippen LogP contribution in [0.3, 0.4) is 0 Å². The van der Waals surface area contributed by atoms with E-state index < -0.39 is 6.10 Å². The van der Waals surface area contributed by atoms with Gasteiger partial charge in [0.25, 0.3) is 0 Å². The van der Waals surface area contributed by atoms with Crippen LogP contribution in [0, 0.1) is 11.8 Å². The normalized spacial score (nSPS) is 12.0. The van der Waals surface area contributed by atoms with Crippen molar-refractivity contribution >= 4 is 17.9 Å². The minimum Gasteiger partial charge on any atom is -0.462 e. The number of ether oxygens (including phenoxy) is 3. The summed E-state index contributed by atoms with van der Waals surface area (Å²) in [7, 11) is 0. The average molecular weight is 948 g/mol. The van der Waals surface area contributed by atoms with Crippen LogP contribution in [0.2, 0.25) is 0 Å². The summed E-state index contributed by atoms with van der Waals surface area (Å²) in [6.45, 7) is 11.4. The summed E-state index contributed by atoms with van der Waals surface area (Å²) >= 11 is 0. The molecule has 0 aliphatic rings. The van der Waals surface area contributed by atoms with E-state index in [2.05, 4.69) is 34.6 Å². The summed E-state index contributed by atoms with van der Waals surface area (Å²) < 4.78 is 16.9. The lowest BCUT2D eigenvalue weighted by atomic mass is 10.0. The number of carbonyl (C=O) groups excluding carboxylic acids is 3. The maximum Gasteiger partial charge on any atom is 0.306 e. The van der Waals surface area contributed by atoms with Gasteiger partial charge in [0.05, 0.1) is 0 Å². The zero-order valence-corrected chi connectivity index (χ0v) is 46.0. The lowest BCUT2D eigenvalue weighted by Crippen LogP contribution is -2.30. The first-order valence-electron chi connectivity index (χ1n) is 30.2. The van der Waals surface area contributed by atoms with E-state index in [1.54, 1.807) is 0 Å². The topological polar surface area (TPSA) is 78.9 Å². The third-order valence-corrected chi connectivity index (χ3v) is 14.0. The Morgan fingerprint density at radius 1 is 0.284 bits per heavy atom. The maximum atomic E-state index is 12.9. The molecule has 0 aromatic heterocycles. The Hall–Kier alpha value is -1.59. The lowest BCUT2D eigenvalue weighted by Gasteiger charge is -2.18. The number of hydrogen-bond donors (Lipinski definition) is 0. The first-order valence-corrected chi connectivity index (χ1v) is 30.2. The molecule has 0 heterocycles. The molecule has 0 saturated carbocycles. The summed E-state index contributed by atoms with van der Waals surface area (Å²) in [5, 5.41) is 0. The Morgan fingerprint density at radius 2 is 0.493 bits per heavy atom. The molecule has 0 aliphatic carbocycles. The number of esters is 3. The molecule has 0 rings (SSSR count). The van der Waals surface area contributed by atoms with Gasteiger partial charge in [0.15, 0.2) is 6.10 Å². The van der Waals surface area contributed by atoms with Gasteiger partial charge in [0.1, 0.15) is 13.2 Å². The zero-order valence-electron chi connectivity index (χ0n) is 46.0. The van der Waals surface area contributed by atoms with Crippen LogP contribution in [0.15, 0.2) is 0 Å². The van der Waals surface area contributed by atoms with Crippen molar-refractivity contribution < 1.29 is 28.6 Å². The minimum absolute atomic E-state index is 0.0624. The molecule has 0 bridgehead atoms. The maximum absolute atomic E-state index is 12.9. The highest BCUT2D eigenvalue weighted by Crippen LogP contribution is 2.18. The number of carbonyl (C=O) groups is 3. The van der Waals surface area contributed by atoms with Gasteiger partial charge < -0.3 is 14.2 Å². The second kappa shape index (κ2) is 53.8. The van der Waals surface area contributed by atoms with Gasteiger partial charge in [0, 0.05) is 19.3 Å². The fourth-order valence-corrected chi connectivity index (χ4v) is 9.40. The molecule has 6 nitrogen and oxygen atoms in total. The van der Waals surface area contributed by atoms with Crippen LogP contribution in [-0.2, 0) is 28.6 Å². The minimum atomic E-state index is -0.763. The van der Waals surface area contributed by atoms with Crippen LogP contribution in [0.1, 0.15) is 343 Å². The summed E-state index contributed by atoms with van der Waals surface area (Å²) in [5.41, 5.74) is 0. The van der Waals surface area contributed by atoms with Gasteiger partial charge in [0.2, 0.25) is 0 Å². The second-order valence-corrected chi connectivity index (χ2v) is 21.9. The Kier molecular flexibility index (Phi) is 52.5. The van der Waals surface area contributed by atoms with Crippen molar-refractivity contribution in [1.82, 2.24) is 0 Å². The van der Waals surface area contributed by atoms with Crippen molar-refractivity contribution in [3.8, 4) is 0 Å². The number of unbranched alkanes of at least 4 members (excludes halogenated alkanes) is 40. The Labute approximate surface area is 418 Å². The monoisotopic (exact) mass is 947 g/mol. The first kappa shape index (κ1) is 65.4.